The Kier molecular flexibility index (Phi) is 10.1. The number of anilines is 3. The van der Waals surface area contributed by atoms with Gasteiger partial charge in [0.15, 0.2) is 0 Å². The first-order valence-corrected chi connectivity index (χ1v) is 18.5. The van der Waals surface area contributed by atoms with Crippen molar-refractivity contribution >= 4 is 17.2 Å². The Balaban J connectivity index is 1.51. The second-order valence-electron chi connectivity index (χ2n) is 16.7. The van der Waals surface area contributed by atoms with E-state index in [4.69, 9.17) is 9.97 Å². The zero-order chi connectivity index (χ0) is 37.4. The average Bonchev–Trinajstić information content (AvgIpc) is 3.11. The van der Waals surface area contributed by atoms with E-state index in [0.29, 0.717) is 11.8 Å². The monoisotopic (exact) mass is 687 g/mol. The van der Waals surface area contributed by atoms with Gasteiger partial charge in [-0.3, -0.25) is 9.88 Å². The molecule has 4 heteroatoms. The number of aromatic nitrogens is 2. The zero-order valence-electron chi connectivity index (χ0n) is 32.5. The quantitative estimate of drug-likeness (QED) is 0.173. The molecule has 0 saturated heterocycles. The van der Waals surface area contributed by atoms with Crippen LogP contribution in [-0.4, -0.2) is 15.1 Å². The van der Waals surface area contributed by atoms with Crippen LogP contribution in [0.3, 0.4) is 0 Å². The number of phenols is 1. The maximum absolute atomic E-state index is 10.8. The Morgan fingerprint density at radius 1 is 0.538 bits per heavy atom. The van der Waals surface area contributed by atoms with Gasteiger partial charge in [-0.1, -0.05) is 130 Å². The van der Waals surface area contributed by atoms with Gasteiger partial charge >= 0.3 is 0 Å². The number of rotatable bonds is 8. The summed E-state index contributed by atoms with van der Waals surface area (Å²) in [7, 11) is 0. The molecule has 4 nitrogen and oxygen atoms in total. The minimum absolute atomic E-state index is 0.0179. The topological polar surface area (TPSA) is 49.2 Å². The number of benzene rings is 4. The van der Waals surface area contributed by atoms with Crippen molar-refractivity contribution in [2.75, 3.05) is 4.90 Å². The van der Waals surface area contributed by atoms with Crippen LogP contribution in [0.2, 0.25) is 0 Å². The van der Waals surface area contributed by atoms with E-state index in [2.05, 4.69) is 147 Å². The van der Waals surface area contributed by atoms with E-state index in [0.717, 1.165) is 45.3 Å². The maximum Gasteiger partial charge on any atom is 0.138 e. The van der Waals surface area contributed by atoms with Crippen molar-refractivity contribution in [2.24, 2.45) is 0 Å². The van der Waals surface area contributed by atoms with E-state index < -0.39 is 0 Å². The van der Waals surface area contributed by atoms with Crippen molar-refractivity contribution in [3.63, 3.8) is 0 Å². The Morgan fingerprint density at radius 3 is 1.79 bits per heavy atom. The van der Waals surface area contributed by atoms with E-state index >= 15 is 0 Å². The first-order valence-electron chi connectivity index (χ1n) is 18.5. The molecule has 6 aromatic rings. The molecule has 0 fully saturated rings. The molecular formula is C48H53N3O. The van der Waals surface area contributed by atoms with Gasteiger partial charge in [0.05, 0.1) is 11.4 Å². The van der Waals surface area contributed by atoms with Crippen LogP contribution in [0.25, 0.3) is 33.6 Å². The van der Waals surface area contributed by atoms with Gasteiger partial charge in [0, 0.05) is 23.1 Å². The van der Waals surface area contributed by atoms with Gasteiger partial charge in [0.1, 0.15) is 11.6 Å². The molecule has 6 rings (SSSR count). The molecule has 0 spiro atoms. The highest BCUT2D eigenvalue weighted by Gasteiger charge is 2.22. The first-order chi connectivity index (χ1) is 24.6. The average molecular weight is 688 g/mol. The molecule has 4 aromatic carbocycles. The Bertz CT molecular complexity index is 2140. The van der Waals surface area contributed by atoms with Crippen molar-refractivity contribution in [2.45, 2.75) is 91.9 Å². The van der Waals surface area contributed by atoms with Crippen molar-refractivity contribution < 1.29 is 5.11 Å². The van der Waals surface area contributed by atoms with Crippen LogP contribution in [-0.2, 0) is 10.8 Å². The van der Waals surface area contributed by atoms with E-state index in [1.807, 2.05) is 42.6 Å². The van der Waals surface area contributed by atoms with Gasteiger partial charge in [-0.05, 0) is 116 Å². The third-order valence-corrected chi connectivity index (χ3v) is 9.86. The Hall–Kier alpha value is -5.22. The molecule has 1 N–H and O–H groups in total. The molecular weight excluding hydrogens is 635 g/mol. The second-order valence-corrected chi connectivity index (χ2v) is 16.7. The lowest BCUT2D eigenvalue weighted by molar-refractivity contribution is 0.477. The smallest absolute Gasteiger partial charge is 0.138 e. The third kappa shape index (κ3) is 7.97. The molecule has 0 aliphatic rings. The van der Waals surface area contributed by atoms with Crippen molar-refractivity contribution in [1.82, 2.24) is 9.97 Å². The normalized spacial score (nSPS) is 12.1. The summed E-state index contributed by atoms with van der Waals surface area (Å²) in [5, 5.41) is 10.8. The minimum atomic E-state index is 0.0179. The molecule has 0 atom stereocenters. The summed E-state index contributed by atoms with van der Waals surface area (Å²) in [6, 6.07) is 40.2. The lowest BCUT2D eigenvalue weighted by Gasteiger charge is -2.27. The first kappa shape index (κ1) is 36.6. The van der Waals surface area contributed by atoms with Crippen LogP contribution >= 0.6 is 0 Å². The fourth-order valence-corrected chi connectivity index (χ4v) is 6.50. The van der Waals surface area contributed by atoms with Gasteiger partial charge < -0.3 is 5.11 Å². The number of aromatic hydroxyl groups is 1. The standard InChI is InChI=1S/C48H53N3O/c1-31(2)35-23-36(32(3)4)28-41(27-35)51(40-16-13-15-34(26-40)42-17-11-12-19-45(42)52)46-20-14-18-43(50-46)44-29-33(21-22-49-44)37-24-38(47(5,6)7)30-39(25-37)48(8,9)10/h11-32,52H,1-10H3. The van der Waals surface area contributed by atoms with Crippen LogP contribution in [0.1, 0.15) is 103 Å². The minimum Gasteiger partial charge on any atom is -0.507 e. The molecule has 0 aliphatic heterocycles. The van der Waals surface area contributed by atoms with Crippen molar-refractivity contribution in [3.8, 4) is 39.4 Å². The molecule has 0 unspecified atom stereocenters. The van der Waals surface area contributed by atoms with Crippen molar-refractivity contribution in [3.05, 3.63) is 144 Å². The highest BCUT2D eigenvalue weighted by Crippen LogP contribution is 2.41. The largest absolute Gasteiger partial charge is 0.507 e. The molecule has 0 radical (unpaired) electrons. The van der Waals surface area contributed by atoms with Crippen LogP contribution in [0, 0.1) is 0 Å². The predicted molar refractivity (Wildman–Crippen MR) is 220 cm³/mol. The summed E-state index contributed by atoms with van der Waals surface area (Å²) in [5.74, 6) is 1.76. The van der Waals surface area contributed by atoms with Crippen LogP contribution in [0.5, 0.6) is 5.75 Å². The molecule has 0 aliphatic carbocycles. The molecule has 0 saturated carbocycles. The summed E-state index contributed by atoms with van der Waals surface area (Å²) in [6.07, 6.45) is 1.90. The highest BCUT2D eigenvalue weighted by atomic mass is 16.3. The number of para-hydroxylation sites is 1. The summed E-state index contributed by atoms with van der Waals surface area (Å²) >= 11 is 0. The summed E-state index contributed by atoms with van der Waals surface area (Å²) in [4.78, 5) is 12.4. The lowest BCUT2D eigenvalue weighted by atomic mass is 9.79. The van der Waals surface area contributed by atoms with Crippen LogP contribution < -0.4 is 4.90 Å². The van der Waals surface area contributed by atoms with Crippen molar-refractivity contribution in [1.29, 1.82) is 0 Å². The van der Waals surface area contributed by atoms with E-state index in [9.17, 15) is 5.11 Å². The van der Waals surface area contributed by atoms with Gasteiger partial charge in [-0.15, -0.1) is 0 Å². The number of hydrogen-bond acceptors (Lipinski definition) is 4. The summed E-state index contributed by atoms with van der Waals surface area (Å²) in [5.41, 5.74) is 12.9. The molecule has 266 valence electrons. The molecule has 2 aromatic heterocycles. The number of hydrogen-bond donors (Lipinski definition) is 1. The summed E-state index contributed by atoms with van der Waals surface area (Å²) in [6.45, 7) is 22.6. The SMILES string of the molecule is CC(C)c1cc(C(C)C)cc(N(c2cccc(-c3ccccc3O)c2)c2cccc(-c3cc(-c4cc(C(C)(C)C)cc(C(C)(C)C)c4)ccn3)n2)c1. The van der Waals surface area contributed by atoms with E-state index in [-0.39, 0.29) is 16.6 Å². The zero-order valence-corrected chi connectivity index (χ0v) is 32.5. The van der Waals surface area contributed by atoms with Crippen LogP contribution in [0.4, 0.5) is 17.2 Å². The third-order valence-electron chi connectivity index (χ3n) is 9.86. The van der Waals surface area contributed by atoms with Gasteiger partial charge in [0.2, 0.25) is 0 Å². The predicted octanol–water partition coefficient (Wildman–Crippen LogP) is 13.5. The Labute approximate surface area is 311 Å². The lowest BCUT2D eigenvalue weighted by Crippen LogP contribution is -2.16. The number of pyridine rings is 2. The fraction of sp³-hybridized carbons (Fsp3) is 0.292. The van der Waals surface area contributed by atoms with Gasteiger partial charge in [-0.25, -0.2) is 4.98 Å². The second kappa shape index (κ2) is 14.4. The molecule has 52 heavy (non-hydrogen) atoms. The van der Waals surface area contributed by atoms with E-state index in [1.54, 1.807) is 6.07 Å². The van der Waals surface area contributed by atoms with Gasteiger partial charge in [0.25, 0.3) is 0 Å². The number of nitrogens with zero attached hydrogens (tertiary/aromatic N) is 3. The molecule has 2 heterocycles. The summed E-state index contributed by atoms with van der Waals surface area (Å²) < 4.78 is 0. The maximum atomic E-state index is 10.8. The van der Waals surface area contributed by atoms with E-state index in [1.165, 1.54) is 27.8 Å². The van der Waals surface area contributed by atoms with Gasteiger partial charge in [-0.2, -0.15) is 0 Å². The molecule has 0 bridgehead atoms. The highest BCUT2D eigenvalue weighted by molar-refractivity contribution is 5.81. The number of phenolic OH excluding ortho intramolecular Hbond substituents is 1. The Morgan fingerprint density at radius 2 is 1.17 bits per heavy atom. The van der Waals surface area contributed by atoms with Crippen LogP contribution in [0.15, 0.2) is 121 Å². The molecule has 0 amide bonds. The fourth-order valence-electron chi connectivity index (χ4n) is 6.50.